The molecule has 1 aliphatic rings. The number of hydrogen-bond acceptors (Lipinski definition) is 8. The van der Waals surface area contributed by atoms with Crippen LogP contribution < -0.4 is 15.8 Å². The van der Waals surface area contributed by atoms with E-state index in [0.29, 0.717) is 28.1 Å². The molecule has 1 aliphatic carbocycles. The molecular formula is C37H36ClF6N7O3S. The van der Waals surface area contributed by atoms with Gasteiger partial charge < -0.3 is 20.7 Å². The highest BCUT2D eigenvalue weighted by molar-refractivity contribution is 7.92. The van der Waals surface area contributed by atoms with Crippen molar-refractivity contribution in [2.45, 2.75) is 57.6 Å². The lowest BCUT2D eigenvalue weighted by atomic mass is 9.93. The summed E-state index contributed by atoms with van der Waals surface area (Å²) in [7, 11) is 1.61. The Bertz CT molecular complexity index is 2240. The van der Waals surface area contributed by atoms with Gasteiger partial charge in [-0.05, 0) is 68.5 Å². The van der Waals surface area contributed by atoms with Gasteiger partial charge in [0.25, 0.3) is 12.3 Å². The molecule has 1 amide bonds. The maximum absolute atomic E-state index is 15.2. The normalized spacial score (nSPS) is 18.3. The van der Waals surface area contributed by atoms with E-state index in [1.807, 2.05) is 0 Å². The number of allylic oxidation sites excluding steroid dienone is 2. The first-order valence-corrected chi connectivity index (χ1v) is 18.6. The molecule has 18 heteroatoms. The van der Waals surface area contributed by atoms with Crippen molar-refractivity contribution in [2.24, 2.45) is 23.7 Å². The predicted octanol–water partition coefficient (Wildman–Crippen LogP) is 6.39. The number of aliphatic hydroxyl groups is 1. The van der Waals surface area contributed by atoms with E-state index in [1.165, 1.54) is 30.9 Å². The molecule has 5 rings (SSSR count). The highest BCUT2D eigenvalue weighted by Gasteiger charge is 2.51. The van der Waals surface area contributed by atoms with E-state index in [9.17, 15) is 32.0 Å². The van der Waals surface area contributed by atoms with Crippen LogP contribution in [0.5, 0.6) is 0 Å². The summed E-state index contributed by atoms with van der Waals surface area (Å²) in [4.78, 5) is 22.1. The molecule has 3 atom stereocenters. The molecule has 4 aromatic rings. The lowest BCUT2D eigenvalue weighted by molar-refractivity contribution is -0.120. The molecule has 0 bridgehead atoms. The number of nitrogens with zero attached hydrogens (tertiary/aromatic N) is 4. The first-order valence-electron chi connectivity index (χ1n) is 16.6. The number of benzene rings is 2. The minimum atomic E-state index is -3.67. The lowest BCUT2D eigenvalue weighted by Crippen LogP contribution is -2.35. The van der Waals surface area contributed by atoms with Gasteiger partial charge in [-0.3, -0.25) is 14.5 Å². The van der Waals surface area contributed by atoms with Crippen LogP contribution >= 0.6 is 11.6 Å². The molecule has 1 fully saturated rings. The van der Waals surface area contributed by atoms with E-state index >= 15 is 8.78 Å². The van der Waals surface area contributed by atoms with Gasteiger partial charge in [-0.2, -0.15) is 18.6 Å². The van der Waals surface area contributed by atoms with Crippen molar-refractivity contribution in [3.63, 3.8) is 0 Å². The Morgan fingerprint density at radius 1 is 1.20 bits per heavy atom. The number of aryl methyl sites for hydroxylation is 1. The summed E-state index contributed by atoms with van der Waals surface area (Å²) in [5.41, 5.74) is 2.86. The van der Waals surface area contributed by atoms with Crippen LogP contribution in [0.1, 0.15) is 50.2 Å². The topological polar surface area (TPSA) is 154 Å². The Balaban J connectivity index is 1.70. The van der Waals surface area contributed by atoms with Crippen LogP contribution in [-0.4, -0.2) is 66.8 Å². The molecule has 0 spiro atoms. The van der Waals surface area contributed by atoms with Crippen LogP contribution in [0, 0.1) is 29.4 Å². The summed E-state index contributed by atoms with van der Waals surface area (Å²) >= 11 is 5.06. The second kappa shape index (κ2) is 16.1. The number of alkyl halides is 4. The molecule has 0 radical (unpaired) electrons. The maximum Gasteiger partial charge on any atom is 0.292 e. The van der Waals surface area contributed by atoms with Gasteiger partial charge in [0.1, 0.15) is 41.4 Å². The Morgan fingerprint density at radius 3 is 2.47 bits per heavy atom. The molecule has 10 nitrogen and oxygen atoms in total. The molecule has 0 aliphatic heterocycles. The van der Waals surface area contributed by atoms with Crippen LogP contribution in [0.2, 0.25) is 5.02 Å². The monoisotopic (exact) mass is 807 g/mol. The van der Waals surface area contributed by atoms with Crippen LogP contribution in [0.15, 0.2) is 58.7 Å². The second-order valence-electron chi connectivity index (χ2n) is 13.5. The molecular weight excluding hydrogens is 772 g/mol. The van der Waals surface area contributed by atoms with Crippen molar-refractivity contribution in [3.8, 4) is 23.0 Å². The molecule has 2 aromatic heterocycles. The van der Waals surface area contributed by atoms with E-state index in [-0.39, 0.29) is 34.2 Å². The van der Waals surface area contributed by atoms with Gasteiger partial charge >= 0.3 is 0 Å². The van der Waals surface area contributed by atoms with Gasteiger partial charge in [-0.1, -0.05) is 30.5 Å². The number of anilines is 1. The summed E-state index contributed by atoms with van der Waals surface area (Å²) < 4.78 is 103. The van der Waals surface area contributed by atoms with Crippen LogP contribution in [0.3, 0.4) is 0 Å². The van der Waals surface area contributed by atoms with E-state index in [4.69, 9.17) is 22.3 Å². The van der Waals surface area contributed by atoms with Gasteiger partial charge in [0.05, 0.1) is 44.7 Å². The largest absolute Gasteiger partial charge is 0.593 e. The minimum absolute atomic E-state index is 0.0691. The zero-order valence-electron chi connectivity index (χ0n) is 30.1. The SMILES string of the molecule is C[C@@H]1CC(=C(N)C(F)F)C(=NCC(=O)NC(Cc2cc(F)cc(F)c2)c2nc(C#CC(C)(C)O)ccc2-c2ccc(Cl)c3c(N[S+](C)[O-])nn(C)c23)C1(F)F. The summed E-state index contributed by atoms with van der Waals surface area (Å²) in [6.07, 6.45) is -2.63. The number of halogens is 7. The van der Waals surface area contributed by atoms with Gasteiger partial charge in [0.15, 0.2) is 0 Å². The summed E-state index contributed by atoms with van der Waals surface area (Å²) in [5.74, 6) is -2.28. The number of aromatic nitrogens is 3. The van der Waals surface area contributed by atoms with Gasteiger partial charge in [-0.15, -0.1) is 0 Å². The molecule has 55 heavy (non-hydrogen) atoms. The number of fused-ring (bicyclic) bond motifs is 1. The molecule has 2 heterocycles. The standard InChI is InChI=1S/C37H36ClF6N7O3S/c1-18-12-25(30(45)34(41)42)33(37(18,43)44)46-17-28(52)48-27(15-19-13-20(39)16-21(40)14-19)31-23(7-6-22(47-31)10-11-36(2,3)53)24-8-9-26(38)29-32(24)51(4)49-35(29)50-55(5)54/h6-9,13-14,16,18,27,34,53H,12,15,17,45H2,1-5H3,(H,48,52)(H,49,50)/t18-,27?,55?/m1/s1. The third-order valence-corrected chi connectivity index (χ3v) is 9.41. The highest BCUT2D eigenvalue weighted by atomic mass is 35.5. The summed E-state index contributed by atoms with van der Waals surface area (Å²) in [6, 6.07) is 7.80. The third-order valence-electron chi connectivity index (χ3n) is 8.61. The molecule has 2 unspecified atom stereocenters. The number of hydrogen-bond donors (Lipinski definition) is 4. The fraction of sp³-hybridized carbons (Fsp3) is 0.351. The Morgan fingerprint density at radius 2 is 1.85 bits per heavy atom. The van der Waals surface area contributed by atoms with E-state index in [0.717, 1.165) is 19.1 Å². The number of nitrogens with two attached hydrogens (primary N) is 1. The van der Waals surface area contributed by atoms with Crippen molar-refractivity contribution in [1.29, 1.82) is 0 Å². The lowest BCUT2D eigenvalue weighted by Gasteiger charge is -2.22. The van der Waals surface area contributed by atoms with E-state index < -0.39 is 88.8 Å². The average molecular weight is 808 g/mol. The van der Waals surface area contributed by atoms with Crippen LogP contribution in [0.25, 0.3) is 22.0 Å². The first kappa shape index (κ1) is 41.4. The summed E-state index contributed by atoms with van der Waals surface area (Å²) in [6.45, 7) is 3.08. The van der Waals surface area contributed by atoms with Crippen molar-refractivity contribution < 1.29 is 40.8 Å². The van der Waals surface area contributed by atoms with Crippen LogP contribution in [0.4, 0.5) is 32.2 Å². The van der Waals surface area contributed by atoms with Crippen molar-refractivity contribution in [1.82, 2.24) is 20.1 Å². The fourth-order valence-electron chi connectivity index (χ4n) is 6.18. The zero-order chi connectivity index (χ0) is 40.6. The highest BCUT2D eigenvalue weighted by Crippen LogP contribution is 2.43. The fourth-order valence-corrected chi connectivity index (χ4v) is 6.84. The average Bonchev–Trinajstić information content (AvgIpc) is 3.52. The van der Waals surface area contributed by atoms with E-state index in [2.05, 4.69) is 32.0 Å². The molecule has 5 N–H and O–H groups in total. The zero-order valence-corrected chi connectivity index (χ0v) is 31.7. The third kappa shape index (κ3) is 9.38. The minimum Gasteiger partial charge on any atom is -0.593 e. The number of nitrogens with one attached hydrogen (secondary N) is 2. The van der Waals surface area contributed by atoms with Crippen molar-refractivity contribution in [2.75, 3.05) is 17.5 Å². The smallest absolute Gasteiger partial charge is 0.292 e. The Hall–Kier alpha value is -4.76. The Kier molecular flexibility index (Phi) is 12.2. The number of aliphatic imine (C=N–C) groups is 1. The molecule has 2 aromatic carbocycles. The number of rotatable bonds is 10. The first-order chi connectivity index (χ1) is 25.7. The Labute approximate surface area is 320 Å². The number of carbonyl (C=O) groups excluding carboxylic acids is 1. The van der Waals surface area contributed by atoms with Gasteiger partial charge in [0.2, 0.25) is 11.7 Å². The number of amides is 1. The molecule has 1 saturated carbocycles. The molecule has 292 valence electrons. The van der Waals surface area contributed by atoms with Crippen molar-refractivity contribution >= 4 is 51.3 Å². The number of carbonyl (C=O) groups is 1. The summed E-state index contributed by atoms with van der Waals surface area (Å²) in [5, 5.41) is 18.0. The number of pyridine rings is 1. The van der Waals surface area contributed by atoms with Crippen molar-refractivity contribution in [3.05, 3.63) is 87.3 Å². The van der Waals surface area contributed by atoms with Gasteiger partial charge in [0, 0.05) is 35.7 Å². The van der Waals surface area contributed by atoms with Gasteiger partial charge in [-0.25, -0.2) is 22.5 Å². The second-order valence-corrected chi connectivity index (χ2v) is 15.0. The maximum atomic E-state index is 15.2. The molecule has 0 saturated heterocycles. The van der Waals surface area contributed by atoms with Crippen LogP contribution in [-0.2, 0) is 29.6 Å². The van der Waals surface area contributed by atoms with E-state index in [1.54, 1.807) is 25.2 Å². The quantitative estimate of drug-likeness (QED) is 0.0824. The predicted molar refractivity (Wildman–Crippen MR) is 199 cm³/mol.